The summed E-state index contributed by atoms with van der Waals surface area (Å²) in [4.78, 5) is 12.4. The van der Waals surface area contributed by atoms with Crippen molar-refractivity contribution in [3.63, 3.8) is 0 Å². The predicted octanol–water partition coefficient (Wildman–Crippen LogP) is 4.29. The third-order valence-electron chi connectivity index (χ3n) is 2.86. The van der Waals surface area contributed by atoms with Crippen molar-refractivity contribution in [2.75, 3.05) is 7.11 Å². The topological polar surface area (TPSA) is 46.5 Å². The minimum absolute atomic E-state index is 0.0327. The smallest absolute Gasteiger partial charge is 0.197 e. The zero-order chi connectivity index (χ0) is 14.7. The molecule has 2 rings (SSSR count). The third-order valence-corrected chi connectivity index (χ3v) is 4.14. The lowest BCUT2D eigenvalue weighted by Gasteiger charge is -2.09. The number of carbonyl (C=O) groups is 1. The van der Waals surface area contributed by atoms with Gasteiger partial charge in [-0.2, -0.15) is 0 Å². The maximum atomic E-state index is 12.4. The second-order valence-electron chi connectivity index (χ2n) is 4.16. The molecule has 0 aromatic heterocycles. The summed E-state index contributed by atoms with van der Waals surface area (Å²) in [6.45, 7) is 0. The third kappa shape index (κ3) is 3.04. The Morgan fingerprint density at radius 2 is 1.90 bits per heavy atom. The quantitative estimate of drug-likeness (QED) is 0.616. The molecule has 0 radical (unpaired) electrons. The minimum Gasteiger partial charge on any atom is -0.507 e. The van der Waals surface area contributed by atoms with Crippen LogP contribution in [0.15, 0.2) is 40.9 Å². The summed E-state index contributed by atoms with van der Waals surface area (Å²) in [5.41, 5.74) is 1.65. The van der Waals surface area contributed by atoms with Gasteiger partial charge >= 0.3 is 0 Å². The second kappa shape index (κ2) is 6.41. The van der Waals surface area contributed by atoms with Gasteiger partial charge in [-0.1, -0.05) is 15.9 Å². The number of phenolic OH excluding ortho intramolecular Hbond substituents is 1. The van der Waals surface area contributed by atoms with E-state index in [1.165, 1.54) is 0 Å². The normalized spacial score (nSPS) is 10.3. The summed E-state index contributed by atoms with van der Waals surface area (Å²) in [5.74, 6) is 0.410. The number of phenols is 1. The molecule has 0 aliphatic rings. The first kappa shape index (κ1) is 15.1. The molecule has 0 saturated heterocycles. The van der Waals surface area contributed by atoms with E-state index in [2.05, 4.69) is 31.9 Å². The Hall–Kier alpha value is -1.33. The maximum Gasteiger partial charge on any atom is 0.197 e. The largest absolute Gasteiger partial charge is 0.507 e. The van der Waals surface area contributed by atoms with Crippen molar-refractivity contribution in [2.24, 2.45) is 0 Å². The van der Waals surface area contributed by atoms with Crippen LogP contribution in [0.4, 0.5) is 0 Å². The van der Waals surface area contributed by atoms with Crippen molar-refractivity contribution >= 4 is 37.6 Å². The van der Waals surface area contributed by atoms with Gasteiger partial charge in [0.05, 0.1) is 12.7 Å². The first-order valence-corrected chi connectivity index (χ1v) is 7.74. The van der Waals surface area contributed by atoms with Crippen LogP contribution in [0.25, 0.3) is 0 Å². The summed E-state index contributed by atoms with van der Waals surface area (Å²) in [5, 5.41) is 10.6. The second-order valence-corrected chi connectivity index (χ2v) is 5.58. The molecule has 0 saturated carbocycles. The summed E-state index contributed by atoms with van der Waals surface area (Å²) >= 11 is 6.66. The Morgan fingerprint density at radius 3 is 2.40 bits per heavy atom. The van der Waals surface area contributed by atoms with Crippen LogP contribution >= 0.6 is 31.9 Å². The van der Waals surface area contributed by atoms with E-state index >= 15 is 0 Å². The number of rotatable bonds is 4. The van der Waals surface area contributed by atoms with Crippen molar-refractivity contribution in [1.29, 1.82) is 0 Å². The minimum atomic E-state index is -0.238. The number of ketones is 1. The van der Waals surface area contributed by atoms with Gasteiger partial charge in [-0.3, -0.25) is 4.79 Å². The lowest BCUT2D eigenvalue weighted by Crippen LogP contribution is -2.03. The molecule has 0 bridgehead atoms. The molecule has 5 heteroatoms. The van der Waals surface area contributed by atoms with E-state index < -0.39 is 0 Å². The highest BCUT2D eigenvalue weighted by atomic mass is 79.9. The highest BCUT2D eigenvalue weighted by molar-refractivity contribution is 9.10. The number of halogens is 2. The number of hydrogen-bond acceptors (Lipinski definition) is 3. The van der Waals surface area contributed by atoms with Crippen LogP contribution in [-0.2, 0) is 5.33 Å². The van der Waals surface area contributed by atoms with Crippen LogP contribution in [0.2, 0.25) is 0 Å². The Morgan fingerprint density at radius 1 is 1.25 bits per heavy atom. The van der Waals surface area contributed by atoms with Gasteiger partial charge in [0, 0.05) is 15.4 Å². The summed E-state index contributed by atoms with van der Waals surface area (Å²) in [7, 11) is 1.57. The first-order valence-electron chi connectivity index (χ1n) is 5.83. The SMILES string of the molecule is COc1ccc(C(=O)c2c(O)cc(CBr)cc2Br)cc1. The highest BCUT2D eigenvalue weighted by Gasteiger charge is 2.18. The molecular weight excluding hydrogens is 388 g/mol. The van der Waals surface area contributed by atoms with Crippen LogP contribution in [-0.4, -0.2) is 18.0 Å². The summed E-state index contributed by atoms with van der Waals surface area (Å²) in [6, 6.07) is 10.2. The summed E-state index contributed by atoms with van der Waals surface area (Å²) in [6.07, 6.45) is 0. The number of benzene rings is 2. The van der Waals surface area contributed by atoms with Crippen LogP contribution in [0.1, 0.15) is 21.5 Å². The van der Waals surface area contributed by atoms with Gasteiger partial charge in [-0.25, -0.2) is 0 Å². The first-order chi connectivity index (χ1) is 9.56. The molecule has 0 aliphatic carbocycles. The maximum absolute atomic E-state index is 12.4. The van der Waals surface area contributed by atoms with E-state index in [1.54, 1.807) is 37.4 Å². The molecule has 0 atom stereocenters. The fourth-order valence-corrected chi connectivity index (χ4v) is 2.84. The van der Waals surface area contributed by atoms with E-state index in [9.17, 15) is 9.90 Å². The average Bonchev–Trinajstić information content (AvgIpc) is 2.46. The molecule has 104 valence electrons. The highest BCUT2D eigenvalue weighted by Crippen LogP contribution is 2.31. The van der Waals surface area contributed by atoms with Crippen molar-refractivity contribution < 1.29 is 14.6 Å². The molecule has 3 nitrogen and oxygen atoms in total. The Bertz CT molecular complexity index is 613. The number of methoxy groups -OCH3 is 1. The predicted molar refractivity (Wildman–Crippen MR) is 84.9 cm³/mol. The molecule has 0 amide bonds. The van der Waals surface area contributed by atoms with Gasteiger partial charge in [0.25, 0.3) is 0 Å². The van der Waals surface area contributed by atoms with E-state index in [4.69, 9.17) is 4.74 Å². The standard InChI is InChI=1S/C15H12Br2O3/c1-20-11-4-2-10(3-5-11)15(19)14-12(17)6-9(8-16)7-13(14)18/h2-7,18H,8H2,1H3. The molecule has 20 heavy (non-hydrogen) atoms. The molecular formula is C15H12Br2O3. The number of hydrogen-bond donors (Lipinski definition) is 1. The van der Waals surface area contributed by atoms with Crippen molar-refractivity contribution in [2.45, 2.75) is 5.33 Å². The van der Waals surface area contributed by atoms with Crippen molar-refractivity contribution in [3.8, 4) is 11.5 Å². The fraction of sp³-hybridized carbons (Fsp3) is 0.133. The zero-order valence-corrected chi connectivity index (χ0v) is 13.9. The van der Waals surface area contributed by atoms with Gasteiger partial charge in [0.2, 0.25) is 0 Å². The van der Waals surface area contributed by atoms with E-state index in [-0.39, 0.29) is 17.1 Å². The fourth-order valence-electron chi connectivity index (χ4n) is 1.84. The molecule has 0 fully saturated rings. The van der Waals surface area contributed by atoms with Crippen LogP contribution in [0, 0.1) is 0 Å². The van der Waals surface area contributed by atoms with E-state index in [1.807, 2.05) is 6.07 Å². The van der Waals surface area contributed by atoms with E-state index in [0.29, 0.717) is 21.1 Å². The zero-order valence-electron chi connectivity index (χ0n) is 10.7. The molecule has 2 aromatic carbocycles. The van der Waals surface area contributed by atoms with E-state index in [0.717, 1.165) is 5.56 Å². The molecule has 0 heterocycles. The number of aromatic hydroxyl groups is 1. The number of carbonyl (C=O) groups excluding carboxylic acids is 1. The van der Waals surface area contributed by atoms with Gasteiger partial charge in [0.1, 0.15) is 11.5 Å². The molecule has 0 unspecified atom stereocenters. The van der Waals surface area contributed by atoms with Gasteiger partial charge in [0.15, 0.2) is 5.78 Å². The summed E-state index contributed by atoms with van der Waals surface area (Å²) < 4.78 is 5.63. The van der Waals surface area contributed by atoms with Gasteiger partial charge < -0.3 is 9.84 Å². The molecule has 1 N–H and O–H groups in total. The van der Waals surface area contributed by atoms with Gasteiger partial charge in [-0.15, -0.1) is 0 Å². The lowest BCUT2D eigenvalue weighted by molar-refractivity contribution is 0.103. The number of ether oxygens (including phenoxy) is 1. The van der Waals surface area contributed by atoms with Crippen molar-refractivity contribution in [1.82, 2.24) is 0 Å². The Labute approximate surface area is 133 Å². The van der Waals surface area contributed by atoms with Crippen molar-refractivity contribution in [3.05, 3.63) is 57.6 Å². The Kier molecular flexibility index (Phi) is 4.83. The average molecular weight is 400 g/mol. The van der Waals surface area contributed by atoms with Crippen LogP contribution in [0.5, 0.6) is 11.5 Å². The van der Waals surface area contributed by atoms with Crippen LogP contribution < -0.4 is 4.74 Å². The monoisotopic (exact) mass is 398 g/mol. The van der Waals surface area contributed by atoms with Crippen LogP contribution in [0.3, 0.4) is 0 Å². The molecule has 2 aromatic rings. The number of alkyl halides is 1. The Balaban J connectivity index is 2.42. The lowest BCUT2D eigenvalue weighted by atomic mass is 10.0. The molecule has 0 spiro atoms. The van der Waals surface area contributed by atoms with Gasteiger partial charge in [-0.05, 0) is 57.9 Å². The molecule has 0 aliphatic heterocycles.